The van der Waals surface area contributed by atoms with Crippen molar-refractivity contribution in [2.45, 2.75) is 37.5 Å². The summed E-state index contributed by atoms with van der Waals surface area (Å²) in [6, 6.07) is 4.17. The first kappa shape index (κ1) is 16.4. The van der Waals surface area contributed by atoms with Gasteiger partial charge in [0.2, 0.25) is 10.0 Å². The highest BCUT2D eigenvalue weighted by molar-refractivity contribution is 7.89. The van der Waals surface area contributed by atoms with E-state index in [1.807, 2.05) is 13.8 Å². The Labute approximate surface area is 125 Å². The molecule has 2 atom stereocenters. The van der Waals surface area contributed by atoms with Gasteiger partial charge in [0.25, 0.3) is 0 Å². The molecule has 1 aromatic rings. The van der Waals surface area contributed by atoms with Gasteiger partial charge in [0, 0.05) is 19.6 Å². The topological polar surface area (TPSA) is 58.6 Å². The highest BCUT2D eigenvalue weighted by atomic mass is 32.2. The second-order valence-corrected chi connectivity index (χ2v) is 7.28. The minimum absolute atomic E-state index is 0.202. The zero-order chi connectivity index (χ0) is 15.6. The van der Waals surface area contributed by atoms with Gasteiger partial charge in [-0.15, -0.1) is 0 Å². The van der Waals surface area contributed by atoms with E-state index in [0.29, 0.717) is 6.54 Å². The maximum absolute atomic E-state index is 14.0. The molecule has 1 aliphatic heterocycles. The van der Waals surface area contributed by atoms with Crippen molar-refractivity contribution >= 4 is 10.0 Å². The molecular formula is C14H21FN2O3S. The summed E-state index contributed by atoms with van der Waals surface area (Å²) in [5.41, 5.74) is 0.729. The molecule has 0 unspecified atom stereocenters. The van der Waals surface area contributed by atoms with E-state index in [-0.39, 0.29) is 30.2 Å². The Morgan fingerprint density at radius 1 is 1.33 bits per heavy atom. The van der Waals surface area contributed by atoms with Gasteiger partial charge in [-0.25, -0.2) is 12.8 Å². The van der Waals surface area contributed by atoms with Gasteiger partial charge in [0.05, 0.1) is 12.2 Å². The first-order valence-electron chi connectivity index (χ1n) is 6.93. The molecule has 0 radical (unpaired) electrons. The molecule has 1 aliphatic rings. The van der Waals surface area contributed by atoms with Crippen LogP contribution in [0.3, 0.4) is 0 Å². The van der Waals surface area contributed by atoms with E-state index < -0.39 is 15.8 Å². The molecule has 1 N–H and O–H groups in total. The average Bonchev–Trinajstić information content (AvgIpc) is 2.40. The smallest absolute Gasteiger partial charge is 0.246 e. The lowest BCUT2D eigenvalue weighted by Crippen LogP contribution is -2.48. The van der Waals surface area contributed by atoms with Crippen LogP contribution in [0.1, 0.15) is 19.4 Å². The molecule has 0 bridgehead atoms. The van der Waals surface area contributed by atoms with E-state index in [4.69, 9.17) is 4.74 Å². The summed E-state index contributed by atoms with van der Waals surface area (Å²) in [4.78, 5) is -0.267. The van der Waals surface area contributed by atoms with Gasteiger partial charge in [-0.1, -0.05) is 6.07 Å². The molecule has 1 aromatic carbocycles. The number of hydrogen-bond acceptors (Lipinski definition) is 4. The highest BCUT2D eigenvalue weighted by Crippen LogP contribution is 2.24. The molecule has 0 amide bonds. The summed E-state index contributed by atoms with van der Waals surface area (Å²) in [5, 5.41) is 2.92. The number of sulfonamides is 1. The number of ether oxygens (including phenoxy) is 1. The van der Waals surface area contributed by atoms with Crippen molar-refractivity contribution in [2.24, 2.45) is 0 Å². The summed E-state index contributed by atoms with van der Waals surface area (Å²) in [7, 11) is -2.10. The maximum atomic E-state index is 14.0. The third-order valence-electron chi connectivity index (χ3n) is 3.38. The number of halogens is 1. The van der Waals surface area contributed by atoms with Crippen molar-refractivity contribution in [3.63, 3.8) is 0 Å². The van der Waals surface area contributed by atoms with Crippen molar-refractivity contribution in [1.82, 2.24) is 9.62 Å². The zero-order valence-corrected chi connectivity index (χ0v) is 13.3. The minimum Gasteiger partial charge on any atom is -0.373 e. The van der Waals surface area contributed by atoms with E-state index in [1.165, 1.54) is 16.4 Å². The highest BCUT2D eigenvalue weighted by Gasteiger charge is 2.33. The van der Waals surface area contributed by atoms with Crippen LogP contribution in [0.4, 0.5) is 4.39 Å². The summed E-state index contributed by atoms with van der Waals surface area (Å²) in [6.07, 6.45) is -0.404. The number of morpholine rings is 1. The minimum atomic E-state index is -3.85. The summed E-state index contributed by atoms with van der Waals surface area (Å²) in [5.74, 6) is -0.721. The number of nitrogens with zero attached hydrogens (tertiary/aromatic N) is 1. The van der Waals surface area contributed by atoms with E-state index >= 15 is 0 Å². The predicted octanol–water partition coefficient (Wildman–Crippen LogP) is 1.34. The molecule has 118 valence electrons. The fourth-order valence-corrected chi connectivity index (χ4v) is 4.23. The molecule has 0 saturated carbocycles. The SMILES string of the molecule is CNCc1ccc(F)c(S(=O)(=O)N2C[C@@H](C)O[C@@H](C)C2)c1. The van der Waals surface area contributed by atoms with E-state index in [0.717, 1.165) is 5.56 Å². The Hall–Kier alpha value is -1.02. The van der Waals surface area contributed by atoms with Crippen molar-refractivity contribution < 1.29 is 17.5 Å². The number of nitrogens with one attached hydrogen (secondary N) is 1. The number of rotatable bonds is 4. The Balaban J connectivity index is 2.36. The second-order valence-electron chi connectivity index (χ2n) is 5.37. The lowest BCUT2D eigenvalue weighted by molar-refractivity contribution is -0.0441. The Morgan fingerprint density at radius 3 is 2.52 bits per heavy atom. The fourth-order valence-electron chi connectivity index (χ4n) is 2.53. The molecule has 0 aromatic heterocycles. The normalized spacial score (nSPS) is 24.2. The Kier molecular flexibility index (Phi) is 4.98. The molecule has 1 fully saturated rings. The standard InChI is InChI=1S/C14H21FN2O3S/c1-10-8-17(9-11(2)20-10)21(18,19)14-6-12(7-16-3)4-5-13(14)15/h4-6,10-11,16H,7-9H2,1-3H3/t10-,11+. The summed E-state index contributed by atoms with van der Waals surface area (Å²) in [6.45, 7) is 4.58. The van der Waals surface area contributed by atoms with Crippen LogP contribution < -0.4 is 5.32 Å². The quantitative estimate of drug-likeness (QED) is 0.911. The molecule has 2 rings (SSSR count). The van der Waals surface area contributed by atoms with Crippen molar-refractivity contribution in [2.75, 3.05) is 20.1 Å². The molecular weight excluding hydrogens is 295 g/mol. The van der Waals surface area contributed by atoms with Crippen LogP contribution in [0.2, 0.25) is 0 Å². The van der Waals surface area contributed by atoms with Crippen LogP contribution in [-0.4, -0.2) is 45.1 Å². The van der Waals surface area contributed by atoms with Gasteiger partial charge in [-0.3, -0.25) is 0 Å². The van der Waals surface area contributed by atoms with Gasteiger partial charge in [-0.05, 0) is 38.6 Å². The van der Waals surface area contributed by atoms with Gasteiger partial charge in [-0.2, -0.15) is 4.31 Å². The number of hydrogen-bond donors (Lipinski definition) is 1. The summed E-state index contributed by atoms with van der Waals surface area (Å²) >= 11 is 0. The third kappa shape index (κ3) is 3.60. The predicted molar refractivity (Wildman–Crippen MR) is 77.9 cm³/mol. The monoisotopic (exact) mass is 316 g/mol. The Morgan fingerprint density at radius 2 is 1.95 bits per heavy atom. The second kappa shape index (κ2) is 6.39. The van der Waals surface area contributed by atoms with E-state index in [1.54, 1.807) is 13.1 Å². The van der Waals surface area contributed by atoms with Gasteiger partial charge in [0.1, 0.15) is 10.7 Å². The fraction of sp³-hybridized carbons (Fsp3) is 0.571. The first-order valence-corrected chi connectivity index (χ1v) is 8.37. The zero-order valence-electron chi connectivity index (χ0n) is 12.5. The van der Waals surface area contributed by atoms with E-state index in [2.05, 4.69) is 5.32 Å². The summed E-state index contributed by atoms with van der Waals surface area (Å²) < 4.78 is 46.2. The largest absolute Gasteiger partial charge is 0.373 e. The molecule has 21 heavy (non-hydrogen) atoms. The molecule has 5 nitrogen and oxygen atoms in total. The van der Waals surface area contributed by atoms with Crippen molar-refractivity contribution in [3.8, 4) is 0 Å². The van der Waals surface area contributed by atoms with Crippen LogP contribution in [-0.2, 0) is 21.3 Å². The molecule has 1 saturated heterocycles. The van der Waals surface area contributed by atoms with E-state index in [9.17, 15) is 12.8 Å². The van der Waals surface area contributed by atoms with Gasteiger partial charge >= 0.3 is 0 Å². The molecule has 0 aliphatic carbocycles. The lowest BCUT2D eigenvalue weighted by atomic mass is 10.2. The first-order chi connectivity index (χ1) is 9.84. The third-order valence-corrected chi connectivity index (χ3v) is 5.23. The molecule has 7 heteroatoms. The number of benzene rings is 1. The van der Waals surface area contributed by atoms with Crippen molar-refractivity contribution in [3.05, 3.63) is 29.6 Å². The van der Waals surface area contributed by atoms with Crippen LogP contribution in [0.15, 0.2) is 23.1 Å². The van der Waals surface area contributed by atoms with Crippen LogP contribution in [0.25, 0.3) is 0 Å². The molecule has 0 spiro atoms. The Bertz CT molecular complexity index is 596. The van der Waals surface area contributed by atoms with Gasteiger partial charge in [0.15, 0.2) is 0 Å². The van der Waals surface area contributed by atoms with Crippen LogP contribution in [0.5, 0.6) is 0 Å². The maximum Gasteiger partial charge on any atom is 0.246 e. The van der Waals surface area contributed by atoms with Crippen LogP contribution >= 0.6 is 0 Å². The molecule has 1 heterocycles. The lowest BCUT2D eigenvalue weighted by Gasteiger charge is -2.34. The van der Waals surface area contributed by atoms with Crippen LogP contribution in [0, 0.1) is 5.82 Å². The average molecular weight is 316 g/mol. The van der Waals surface area contributed by atoms with Gasteiger partial charge < -0.3 is 10.1 Å². The van der Waals surface area contributed by atoms with Crippen molar-refractivity contribution in [1.29, 1.82) is 0 Å².